The molecule has 20 heavy (non-hydrogen) atoms. The molecule has 2 aromatic rings. The van der Waals surface area contributed by atoms with E-state index in [1.807, 2.05) is 32.0 Å². The second-order valence-electron chi connectivity index (χ2n) is 4.58. The molecule has 0 radical (unpaired) electrons. The van der Waals surface area contributed by atoms with Crippen molar-refractivity contribution in [3.8, 4) is 0 Å². The Morgan fingerprint density at radius 3 is 2.50 bits per heavy atom. The summed E-state index contributed by atoms with van der Waals surface area (Å²) < 4.78 is 14.5. The lowest BCUT2D eigenvalue weighted by Crippen LogP contribution is -2.11. The van der Waals surface area contributed by atoms with Gasteiger partial charge >= 0.3 is 0 Å². The molecular weight excluding hydrogens is 339 g/mol. The van der Waals surface area contributed by atoms with Crippen LogP contribution in [0.1, 0.15) is 16.7 Å². The summed E-state index contributed by atoms with van der Waals surface area (Å²) in [7, 11) is 0. The van der Waals surface area contributed by atoms with Crippen LogP contribution in [0.5, 0.6) is 0 Å². The van der Waals surface area contributed by atoms with Crippen molar-refractivity contribution in [3.63, 3.8) is 0 Å². The fourth-order valence-corrected chi connectivity index (χ4v) is 2.67. The van der Waals surface area contributed by atoms with Crippen LogP contribution >= 0.6 is 28.1 Å². The molecule has 0 atom stereocenters. The minimum atomic E-state index is -0.409. The number of benzene rings is 2. The SMILES string of the molecule is Cc1ccc(Nc2ccc(C(N)=S)c(Br)c2F)cc1C. The van der Waals surface area contributed by atoms with Gasteiger partial charge in [0.2, 0.25) is 0 Å². The number of nitrogens with one attached hydrogen (secondary N) is 1. The van der Waals surface area contributed by atoms with Crippen molar-refractivity contribution in [3.05, 3.63) is 57.3 Å². The molecule has 0 aliphatic carbocycles. The Morgan fingerprint density at radius 2 is 1.90 bits per heavy atom. The van der Waals surface area contributed by atoms with Gasteiger partial charge in [0.1, 0.15) is 4.99 Å². The van der Waals surface area contributed by atoms with Crippen LogP contribution in [0.4, 0.5) is 15.8 Å². The van der Waals surface area contributed by atoms with Gasteiger partial charge < -0.3 is 11.1 Å². The molecule has 0 saturated heterocycles. The molecule has 0 aliphatic rings. The highest BCUT2D eigenvalue weighted by Crippen LogP contribution is 2.29. The Balaban J connectivity index is 2.37. The molecule has 0 spiro atoms. The zero-order valence-corrected chi connectivity index (χ0v) is 13.5. The third kappa shape index (κ3) is 2.99. The van der Waals surface area contributed by atoms with Gasteiger partial charge in [0.15, 0.2) is 5.82 Å². The average Bonchev–Trinajstić information content (AvgIpc) is 2.39. The molecule has 0 unspecified atom stereocenters. The molecule has 5 heteroatoms. The number of hydrogen-bond donors (Lipinski definition) is 2. The van der Waals surface area contributed by atoms with Crippen molar-refractivity contribution in [1.82, 2.24) is 0 Å². The minimum Gasteiger partial charge on any atom is -0.389 e. The Bertz CT molecular complexity index is 686. The monoisotopic (exact) mass is 352 g/mol. The van der Waals surface area contributed by atoms with E-state index in [2.05, 4.69) is 21.2 Å². The van der Waals surface area contributed by atoms with Gasteiger partial charge in [-0.1, -0.05) is 18.3 Å². The quantitative estimate of drug-likeness (QED) is 0.793. The van der Waals surface area contributed by atoms with Gasteiger partial charge in [0.05, 0.1) is 10.2 Å². The third-order valence-corrected chi connectivity index (χ3v) is 4.13. The van der Waals surface area contributed by atoms with Crippen LogP contribution in [0.3, 0.4) is 0 Å². The number of hydrogen-bond acceptors (Lipinski definition) is 2. The molecule has 2 nitrogen and oxygen atoms in total. The van der Waals surface area contributed by atoms with Gasteiger partial charge in [-0.25, -0.2) is 4.39 Å². The second-order valence-corrected chi connectivity index (χ2v) is 5.81. The zero-order chi connectivity index (χ0) is 14.9. The van der Waals surface area contributed by atoms with Crippen molar-refractivity contribution in [2.75, 3.05) is 5.32 Å². The third-order valence-electron chi connectivity index (χ3n) is 3.13. The van der Waals surface area contributed by atoms with Crippen LogP contribution in [-0.2, 0) is 0 Å². The normalized spacial score (nSPS) is 10.4. The molecule has 0 amide bonds. The summed E-state index contributed by atoms with van der Waals surface area (Å²) in [5, 5.41) is 3.06. The van der Waals surface area contributed by atoms with Crippen LogP contribution in [-0.4, -0.2) is 4.99 Å². The van der Waals surface area contributed by atoms with Crippen LogP contribution in [0.2, 0.25) is 0 Å². The van der Waals surface area contributed by atoms with Crippen LogP contribution < -0.4 is 11.1 Å². The Labute approximate surface area is 131 Å². The lowest BCUT2D eigenvalue weighted by Gasteiger charge is -2.12. The van der Waals surface area contributed by atoms with Crippen molar-refractivity contribution in [2.24, 2.45) is 5.73 Å². The maximum Gasteiger partial charge on any atom is 0.161 e. The fourth-order valence-electron chi connectivity index (χ4n) is 1.81. The Hall–Kier alpha value is -1.46. The van der Waals surface area contributed by atoms with E-state index < -0.39 is 5.82 Å². The highest BCUT2D eigenvalue weighted by molar-refractivity contribution is 9.10. The first-order valence-corrected chi connectivity index (χ1v) is 7.22. The summed E-state index contributed by atoms with van der Waals surface area (Å²) in [6, 6.07) is 9.21. The first kappa shape index (κ1) is 14.9. The van der Waals surface area contributed by atoms with Crippen LogP contribution in [0, 0.1) is 19.7 Å². The predicted molar refractivity (Wildman–Crippen MR) is 89.2 cm³/mol. The lowest BCUT2D eigenvalue weighted by atomic mass is 10.1. The Kier molecular flexibility index (Phi) is 4.40. The van der Waals surface area contributed by atoms with Gasteiger partial charge in [-0.2, -0.15) is 0 Å². The van der Waals surface area contributed by atoms with Crippen LogP contribution in [0.25, 0.3) is 0 Å². The lowest BCUT2D eigenvalue weighted by molar-refractivity contribution is 0.625. The molecule has 0 heterocycles. The molecule has 2 rings (SSSR count). The van der Waals surface area contributed by atoms with Crippen molar-refractivity contribution < 1.29 is 4.39 Å². The fraction of sp³-hybridized carbons (Fsp3) is 0.133. The molecule has 0 aromatic heterocycles. The van der Waals surface area contributed by atoms with Gasteiger partial charge in [-0.05, 0) is 65.2 Å². The minimum absolute atomic E-state index is 0.161. The van der Waals surface area contributed by atoms with Gasteiger partial charge in [0.25, 0.3) is 0 Å². The molecule has 0 bridgehead atoms. The standard InChI is InChI=1S/C15H14BrFN2S/c1-8-3-4-10(7-9(8)2)19-12-6-5-11(15(18)20)13(16)14(12)17/h3-7,19H,1-2H3,(H2,18,20). The summed E-state index contributed by atoms with van der Waals surface area (Å²) >= 11 is 8.06. The number of halogens is 2. The largest absolute Gasteiger partial charge is 0.389 e. The topological polar surface area (TPSA) is 38.0 Å². The first-order chi connectivity index (χ1) is 9.40. The summed E-state index contributed by atoms with van der Waals surface area (Å²) in [6.07, 6.45) is 0. The van der Waals surface area contributed by atoms with Crippen molar-refractivity contribution in [1.29, 1.82) is 0 Å². The predicted octanol–water partition coefficient (Wildman–Crippen LogP) is 4.58. The molecule has 0 fully saturated rings. The number of thiocarbonyl (C=S) groups is 1. The molecular formula is C15H14BrFN2S. The van der Waals surface area contributed by atoms with Crippen molar-refractivity contribution in [2.45, 2.75) is 13.8 Å². The van der Waals surface area contributed by atoms with Gasteiger partial charge in [-0.3, -0.25) is 0 Å². The summed E-state index contributed by atoms with van der Waals surface area (Å²) in [5.74, 6) is -0.409. The Morgan fingerprint density at radius 1 is 1.20 bits per heavy atom. The highest BCUT2D eigenvalue weighted by Gasteiger charge is 2.13. The number of aryl methyl sites for hydroxylation is 2. The van der Waals surface area contributed by atoms with E-state index in [0.29, 0.717) is 11.3 Å². The maximum absolute atomic E-state index is 14.3. The average molecular weight is 353 g/mol. The molecule has 104 valence electrons. The smallest absolute Gasteiger partial charge is 0.161 e. The van der Waals surface area contributed by atoms with E-state index in [-0.39, 0.29) is 9.46 Å². The van der Waals surface area contributed by atoms with Gasteiger partial charge in [-0.15, -0.1) is 0 Å². The molecule has 2 aromatic carbocycles. The number of nitrogens with two attached hydrogens (primary N) is 1. The summed E-state index contributed by atoms with van der Waals surface area (Å²) in [5.41, 5.74) is 9.58. The van der Waals surface area contributed by atoms with E-state index in [4.69, 9.17) is 18.0 Å². The maximum atomic E-state index is 14.3. The van der Waals surface area contributed by atoms with Crippen LogP contribution in [0.15, 0.2) is 34.8 Å². The van der Waals surface area contributed by atoms with E-state index in [9.17, 15) is 4.39 Å². The number of rotatable bonds is 3. The number of anilines is 2. The second kappa shape index (κ2) is 5.89. The first-order valence-electron chi connectivity index (χ1n) is 6.02. The van der Waals surface area contributed by atoms with Gasteiger partial charge in [0, 0.05) is 11.3 Å². The summed E-state index contributed by atoms with van der Waals surface area (Å²) in [4.78, 5) is 0.161. The van der Waals surface area contributed by atoms with E-state index in [1.165, 1.54) is 5.56 Å². The highest BCUT2D eigenvalue weighted by atomic mass is 79.9. The molecule has 0 saturated carbocycles. The molecule has 0 aliphatic heterocycles. The van der Waals surface area contributed by atoms with Crippen molar-refractivity contribution >= 4 is 44.5 Å². The summed E-state index contributed by atoms with van der Waals surface area (Å²) in [6.45, 7) is 4.05. The molecule has 3 N–H and O–H groups in total. The zero-order valence-electron chi connectivity index (χ0n) is 11.1. The van der Waals surface area contributed by atoms with E-state index in [0.717, 1.165) is 11.3 Å². The van der Waals surface area contributed by atoms with E-state index >= 15 is 0 Å². The van der Waals surface area contributed by atoms with E-state index in [1.54, 1.807) is 12.1 Å².